The van der Waals surface area contributed by atoms with E-state index in [0.717, 1.165) is 16.9 Å². The Morgan fingerprint density at radius 1 is 1.47 bits per heavy atom. The molecule has 0 aliphatic heterocycles. The van der Waals surface area contributed by atoms with Crippen LogP contribution in [0.25, 0.3) is 0 Å². The molecule has 0 saturated heterocycles. The molecular weight excluding hydrogens is 254 g/mol. The molecule has 1 heterocycles. The predicted octanol–water partition coefficient (Wildman–Crippen LogP) is 3.52. The van der Waals surface area contributed by atoms with E-state index < -0.39 is 0 Å². The zero-order chi connectivity index (χ0) is 12.3. The maximum absolute atomic E-state index is 5.92. The van der Waals surface area contributed by atoms with Crippen molar-refractivity contribution in [3.8, 4) is 0 Å². The van der Waals surface area contributed by atoms with Crippen molar-refractivity contribution in [2.75, 3.05) is 11.1 Å². The summed E-state index contributed by atoms with van der Waals surface area (Å²) in [5.74, 6) is 2.78. The van der Waals surface area contributed by atoms with E-state index in [1.54, 1.807) is 6.07 Å². The quantitative estimate of drug-likeness (QED) is 0.851. The number of hydrogen-bond acceptors (Lipinski definition) is 4. The monoisotopic (exact) mass is 271 g/mol. The lowest BCUT2D eigenvalue weighted by atomic mass is 10.2. The Morgan fingerprint density at radius 3 is 3.00 bits per heavy atom. The number of halogens is 1. The number of aromatic nitrogens is 2. The fourth-order valence-electron chi connectivity index (χ4n) is 2.27. The summed E-state index contributed by atoms with van der Waals surface area (Å²) >= 11 is 7.98. The molecule has 0 aromatic carbocycles. The normalized spacial score (nSPS) is 23.9. The summed E-state index contributed by atoms with van der Waals surface area (Å²) in [6.07, 6.45) is 3.74. The average molecular weight is 272 g/mol. The van der Waals surface area contributed by atoms with Gasteiger partial charge in [-0.15, -0.1) is 0 Å². The lowest BCUT2D eigenvalue weighted by Crippen LogP contribution is -2.17. The molecule has 0 radical (unpaired) electrons. The molecule has 0 spiro atoms. The second kappa shape index (κ2) is 5.91. The summed E-state index contributed by atoms with van der Waals surface area (Å²) in [6.45, 7) is 4.08. The Kier molecular flexibility index (Phi) is 4.51. The van der Waals surface area contributed by atoms with Gasteiger partial charge in [-0.1, -0.05) is 18.5 Å². The Balaban J connectivity index is 1.93. The van der Waals surface area contributed by atoms with Crippen LogP contribution in [0.2, 0.25) is 5.15 Å². The van der Waals surface area contributed by atoms with Gasteiger partial charge in [-0.2, -0.15) is 11.8 Å². The van der Waals surface area contributed by atoms with Crippen LogP contribution in [0.15, 0.2) is 6.07 Å². The summed E-state index contributed by atoms with van der Waals surface area (Å²) in [7, 11) is 0. The molecule has 2 rings (SSSR count). The summed E-state index contributed by atoms with van der Waals surface area (Å²) in [5.41, 5.74) is 0. The fourth-order valence-corrected chi connectivity index (χ4v) is 3.64. The van der Waals surface area contributed by atoms with Gasteiger partial charge in [0.1, 0.15) is 16.8 Å². The zero-order valence-corrected chi connectivity index (χ0v) is 11.8. The van der Waals surface area contributed by atoms with Crippen LogP contribution in [-0.2, 0) is 0 Å². The van der Waals surface area contributed by atoms with Crippen molar-refractivity contribution in [3.05, 3.63) is 17.0 Å². The first kappa shape index (κ1) is 13.0. The van der Waals surface area contributed by atoms with Crippen molar-refractivity contribution in [2.45, 2.75) is 44.4 Å². The first-order chi connectivity index (χ1) is 8.17. The Hall–Kier alpha value is -0.480. The van der Waals surface area contributed by atoms with Crippen LogP contribution in [0.3, 0.4) is 0 Å². The SMILES string of the molecule is CCSC1CCC(Nc2cc(Cl)nc(C)n2)C1. The van der Waals surface area contributed by atoms with Gasteiger partial charge in [-0.3, -0.25) is 0 Å². The molecule has 1 fully saturated rings. The molecular formula is C12H18ClN3S. The second-order valence-corrected chi connectivity index (χ2v) is 6.32. The van der Waals surface area contributed by atoms with Crippen molar-refractivity contribution in [3.63, 3.8) is 0 Å². The van der Waals surface area contributed by atoms with E-state index >= 15 is 0 Å². The number of rotatable bonds is 4. The molecule has 1 N–H and O–H groups in total. The highest BCUT2D eigenvalue weighted by atomic mass is 35.5. The summed E-state index contributed by atoms with van der Waals surface area (Å²) in [5, 5.41) is 4.78. The first-order valence-corrected chi connectivity index (χ1v) is 7.49. The number of nitrogens with zero attached hydrogens (tertiary/aromatic N) is 2. The van der Waals surface area contributed by atoms with Crippen molar-refractivity contribution in [2.24, 2.45) is 0 Å². The maximum atomic E-state index is 5.92. The minimum atomic E-state index is 0.512. The third-order valence-corrected chi connectivity index (χ3v) is 4.37. The van der Waals surface area contributed by atoms with Crippen LogP contribution >= 0.6 is 23.4 Å². The number of hydrogen-bond donors (Lipinski definition) is 1. The van der Waals surface area contributed by atoms with Crippen LogP contribution in [0, 0.1) is 6.92 Å². The molecule has 1 aliphatic carbocycles. The van der Waals surface area contributed by atoms with Crippen LogP contribution in [0.5, 0.6) is 0 Å². The third-order valence-electron chi connectivity index (χ3n) is 2.95. The highest BCUT2D eigenvalue weighted by Gasteiger charge is 2.24. The van der Waals surface area contributed by atoms with Crippen LogP contribution in [0.1, 0.15) is 32.0 Å². The molecule has 3 nitrogen and oxygen atoms in total. The fraction of sp³-hybridized carbons (Fsp3) is 0.667. The Morgan fingerprint density at radius 2 is 2.29 bits per heavy atom. The first-order valence-electron chi connectivity index (χ1n) is 6.06. The molecule has 2 unspecified atom stereocenters. The standard InChI is InChI=1S/C12H18ClN3S/c1-3-17-10-5-4-9(6-10)16-12-7-11(13)14-8(2)15-12/h7,9-10H,3-6H2,1-2H3,(H,14,15,16). The third kappa shape index (κ3) is 3.75. The van der Waals surface area contributed by atoms with E-state index in [2.05, 4.69) is 34.0 Å². The Labute approximate surface area is 112 Å². The van der Waals surface area contributed by atoms with E-state index in [1.165, 1.54) is 25.0 Å². The molecule has 94 valence electrons. The largest absolute Gasteiger partial charge is 0.367 e. The van der Waals surface area contributed by atoms with Crippen molar-refractivity contribution in [1.82, 2.24) is 9.97 Å². The predicted molar refractivity (Wildman–Crippen MR) is 75.0 cm³/mol. The zero-order valence-electron chi connectivity index (χ0n) is 10.2. The molecule has 0 bridgehead atoms. The van der Waals surface area contributed by atoms with Gasteiger partial charge in [0, 0.05) is 17.4 Å². The van der Waals surface area contributed by atoms with Gasteiger partial charge in [0.2, 0.25) is 0 Å². The molecule has 1 saturated carbocycles. The highest BCUT2D eigenvalue weighted by Crippen LogP contribution is 2.31. The van der Waals surface area contributed by atoms with Crippen LogP contribution < -0.4 is 5.32 Å². The molecule has 0 amide bonds. The van der Waals surface area contributed by atoms with E-state index in [-0.39, 0.29) is 0 Å². The van der Waals surface area contributed by atoms with Gasteiger partial charge >= 0.3 is 0 Å². The molecule has 1 aromatic heterocycles. The maximum Gasteiger partial charge on any atom is 0.134 e. The van der Waals surface area contributed by atoms with Crippen LogP contribution in [0.4, 0.5) is 5.82 Å². The van der Waals surface area contributed by atoms with Crippen LogP contribution in [-0.4, -0.2) is 27.0 Å². The number of thioether (sulfide) groups is 1. The number of aryl methyl sites for hydroxylation is 1. The smallest absolute Gasteiger partial charge is 0.134 e. The lowest BCUT2D eigenvalue weighted by molar-refractivity contribution is 0.750. The van der Waals surface area contributed by atoms with E-state index in [1.807, 2.05) is 6.92 Å². The van der Waals surface area contributed by atoms with Crippen molar-refractivity contribution in [1.29, 1.82) is 0 Å². The summed E-state index contributed by atoms with van der Waals surface area (Å²) in [4.78, 5) is 8.42. The highest BCUT2D eigenvalue weighted by molar-refractivity contribution is 7.99. The molecule has 1 aromatic rings. The van der Waals surface area contributed by atoms with E-state index in [9.17, 15) is 0 Å². The van der Waals surface area contributed by atoms with Gasteiger partial charge in [0.05, 0.1) is 0 Å². The lowest BCUT2D eigenvalue weighted by Gasteiger charge is -2.14. The number of nitrogens with one attached hydrogen (secondary N) is 1. The van der Waals surface area contributed by atoms with Gasteiger partial charge in [0.15, 0.2) is 0 Å². The Bertz CT molecular complexity index is 366. The average Bonchev–Trinajstić information content (AvgIpc) is 2.64. The van der Waals surface area contributed by atoms with E-state index in [4.69, 9.17) is 11.6 Å². The molecule has 1 aliphatic rings. The second-order valence-electron chi connectivity index (χ2n) is 4.35. The molecule has 17 heavy (non-hydrogen) atoms. The van der Waals surface area contributed by atoms with Gasteiger partial charge in [0.25, 0.3) is 0 Å². The molecule has 2 atom stereocenters. The number of anilines is 1. The topological polar surface area (TPSA) is 37.8 Å². The van der Waals surface area contributed by atoms with Gasteiger partial charge < -0.3 is 5.32 Å². The van der Waals surface area contributed by atoms with Crippen molar-refractivity contribution < 1.29 is 0 Å². The van der Waals surface area contributed by atoms with Crippen molar-refractivity contribution >= 4 is 29.2 Å². The van der Waals surface area contributed by atoms with Gasteiger partial charge in [-0.05, 0) is 31.9 Å². The summed E-state index contributed by atoms with van der Waals surface area (Å²) < 4.78 is 0. The molecule has 5 heteroatoms. The van der Waals surface area contributed by atoms with E-state index in [0.29, 0.717) is 11.2 Å². The minimum absolute atomic E-state index is 0.512. The summed E-state index contributed by atoms with van der Waals surface area (Å²) in [6, 6.07) is 2.33. The minimum Gasteiger partial charge on any atom is -0.367 e. The van der Waals surface area contributed by atoms with Gasteiger partial charge in [-0.25, -0.2) is 9.97 Å².